The van der Waals surface area contributed by atoms with Gasteiger partial charge in [0.05, 0.1) is 17.9 Å². The molecule has 0 heterocycles. The van der Waals surface area contributed by atoms with Crippen LogP contribution in [0.3, 0.4) is 0 Å². The van der Waals surface area contributed by atoms with Crippen molar-refractivity contribution in [2.75, 3.05) is 6.54 Å². The molecule has 1 fully saturated rings. The third-order valence-corrected chi connectivity index (χ3v) is 5.13. The summed E-state index contributed by atoms with van der Waals surface area (Å²) in [4.78, 5) is 23.7. The van der Waals surface area contributed by atoms with Gasteiger partial charge >= 0.3 is 5.97 Å². The molecule has 0 aliphatic heterocycles. The first-order valence-corrected chi connectivity index (χ1v) is 7.86. The average molecular weight is 295 g/mol. The number of hydrogen-bond donors (Lipinski definition) is 3. The number of carbonyl (C=O) groups excluding carboxylic acids is 1. The maximum atomic E-state index is 12.3. The number of nitrogens with one attached hydrogen (secondary N) is 1. The van der Waals surface area contributed by atoms with E-state index in [2.05, 4.69) is 5.32 Å². The molecule has 21 heavy (non-hydrogen) atoms. The highest BCUT2D eigenvalue weighted by molar-refractivity contribution is 5.86. The molecule has 1 saturated carbocycles. The molecule has 5 heteroatoms. The molecule has 0 spiro atoms. The number of carboxylic acids is 1. The first-order valence-electron chi connectivity index (χ1n) is 7.86. The van der Waals surface area contributed by atoms with Gasteiger partial charge in [-0.25, -0.2) is 0 Å². The molecule has 5 nitrogen and oxygen atoms in total. The van der Waals surface area contributed by atoms with Crippen molar-refractivity contribution in [2.45, 2.75) is 39.2 Å². The van der Waals surface area contributed by atoms with Gasteiger partial charge in [-0.15, -0.1) is 0 Å². The maximum absolute atomic E-state index is 12.3. The summed E-state index contributed by atoms with van der Waals surface area (Å²) in [5.74, 6) is -2.07. The van der Waals surface area contributed by atoms with E-state index in [0.29, 0.717) is 0 Å². The van der Waals surface area contributed by atoms with Crippen molar-refractivity contribution in [1.29, 1.82) is 0 Å². The van der Waals surface area contributed by atoms with E-state index in [0.717, 1.165) is 19.3 Å². The van der Waals surface area contributed by atoms with E-state index in [-0.39, 0.29) is 30.2 Å². The molecule has 118 valence electrons. The Bertz CT molecular complexity index is 430. The molecule has 2 aliphatic rings. The van der Waals surface area contributed by atoms with E-state index in [1.165, 1.54) is 0 Å². The Labute approximate surface area is 125 Å². The number of aliphatic carboxylic acids is 1. The van der Waals surface area contributed by atoms with Crippen molar-refractivity contribution < 1.29 is 19.8 Å². The standard InChI is InChI=1S/C16H25NO4/c1-3-9(4-2)12(18)8-17-15(19)13-10-5-6-11(7-10)14(13)16(20)21/h5-6,9-14,18H,3-4,7-8H2,1-2H3,(H,17,19)(H,20,21)/t10?,11?,12?,13-,14+/m0/s1. The summed E-state index contributed by atoms with van der Waals surface area (Å²) in [5, 5.41) is 22.2. The molecule has 5 atom stereocenters. The van der Waals surface area contributed by atoms with Crippen LogP contribution in [0, 0.1) is 29.6 Å². The number of rotatable bonds is 7. The SMILES string of the molecule is CCC(CC)C(O)CNC(=O)[C@H]1C2C=CC(C2)[C@H]1C(=O)O. The van der Waals surface area contributed by atoms with Crippen molar-refractivity contribution in [3.63, 3.8) is 0 Å². The van der Waals surface area contributed by atoms with Crippen LogP contribution in [0.15, 0.2) is 12.2 Å². The van der Waals surface area contributed by atoms with Gasteiger partial charge in [-0.2, -0.15) is 0 Å². The molecule has 2 rings (SSSR count). The molecular formula is C16H25NO4. The summed E-state index contributed by atoms with van der Waals surface area (Å²) in [5.41, 5.74) is 0. The van der Waals surface area contributed by atoms with Crippen molar-refractivity contribution >= 4 is 11.9 Å². The number of fused-ring (bicyclic) bond motifs is 2. The van der Waals surface area contributed by atoms with E-state index in [1.54, 1.807) is 0 Å². The molecule has 2 aliphatic carbocycles. The summed E-state index contributed by atoms with van der Waals surface area (Å²) in [6.45, 7) is 4.23. The van der Waals surface area contributed by atoms with Gasteiger partial charge < -0.3 is 15.5 Å². The molecule has 0 aromatic heterocycles. The Kier molecular flexibility index (Phi) is 5.04. The predicted molar refractivity (Wildman–Crippen MR) is 78.4 cm³/mol. The molecule has 3 unspecified atom stereocenters. The minimum Gasteiger partial charge on any atom is -0.481 e. The Morgan fingerprint density at radius 1 is 1.19 bits per heavy atom. The molecule has 3 N–H and O–H groups in total. The van der Waals surface area contributed by atoms with E-state index >= 15 is 0 Å². The topological polar surface area (TPSA) is 86.6 Å². The second-order valence-electron chi connectivity index (χ2n) is 6.23. The molecule has 0 aromatic rings. The lowest BCUT2D eigenvalue weighted by Crippen LogP contribution is -2.43. The lowest BCUT2D eigenvalue weighted by Gasteiger charge is -2.26. The summed E-state index contributed by atoms with van der Waals surface area (Å²) in [7, 11) is 0. The predicted octanol–water partition coefficient (Wildman–Crippen LogP) is 1.42. The first-order chi connectivity index (χ1) is 9.99. The minimum atomic E-state index is -0.896. The summed E-state index contributed by atoms with van der Waals surface area (Å²) in [6.07, 6.45) is 5.80. The fourth-order valence-corrected chi connectivity index (χ4v) is 3.84. The normalized spacial score (nSPS) is 31.6. The third kappa shape index (κ3) is 3.12. The van der Waals surface area contributed by atoms with Gasteiger partial charge in [0.15, 0.2) is 0 Å². The number of hydrogen-bond acceptors (Lipinski definition) is 3. The quantitative estimate of drug-likeness (QED) is 0.620. The monoisotopic (exact) mass is 295 g/mol. The van der Waals surface area contributed by atoms with Crippen LogP contribution < -0.4 is 5.32 Å². The van der Waals surface area contributed by atoms with Crippen LogP contribution >= 0.6 is 0 Å². The molecule has 0 aromatic carbocycles. The van der Waals surface area contributed by atoms with Crippen LogP contribution in [0.2, 0.25) is 0 Å². The van der Waals surface area contributed by atoms with E-state index < -0.39 is 23.9 Å². The van der Waals surface area contributed by atoms with Crippen molar-refractivity contribution in [3.8, 4) is 0 Å². The highest BCUT2D eigenvalue weighted by Crippen LogP contribution is 2.48. The van der Waals surface area contributed by atoms with Gasteiger partial charge in [-0.05, 0) is 24.2 Å². The number of carbonyl (C=O) groups is 2. The number of carboxylic acid groups (broad SMARTS) is 1. The summed E-state index contributed by atoms with van der Waals surface area (Å²) >= 11 is 0. The Balaban J connectivity index is 1.94. The van der Waals surface area contributed by atoms with Gasteiger partial charge in [0.1, 0.15) is 0 Å². The summed E-state index contributed by atoms with van der Waals surface area (Å²) in [6, 6.07) is 0. The summed E-state index contributed by atoms with van der Waals surface area (Å²) < 4.78 is 0. The Morgan fingerprint density at radius 2 is 1.76 bits per heavy atom. The van der Waals surface area contributed by atoms with Gasteiger partial charge in [0.2, 0.25) is 5.91 Å². The molecule has 0 radical (unpaired) electrons. The molecule has 2 bridgehead atoms. The lowest BCUT2D eigenvalue weighted by atomic mass is 9.82. The maximum Gasteiger partial charge on any atom is 0.307 e. The largest absolute Gasteiger partial charge is 0.481 e. The number of aliphatic hydroxyl groups excluding tert-OH is 1. The van der Waals surface area contributed by atoms with Crippen molar-refractivity contribution in [2.24, 2.45) is 29.6 Å². The van der Waals surface area contributed by atoms with Gasteiger partial charge in [0.25, 0.3) is 0 Å². The van der Waals surface area contributed by atoms with Gasteiger partial charge in [-0.3, -0.25) is 9.59 Å². The minimum absolute atomic E-state index is 0.0211. The number of aliphatic hydroxyl groups is 1. The molecule has 0 saturated heterocycles. The Morgan fingerprint density at radius 3 is 2.29 bits per heavy atom. The second-order valence-corrected chi connectivity index (χ2v) is 6.23. The molecule has 1 amide bonds. The second kappa shape index (κ2) is 6.60. The third-order valence-electron chi connectivity index (χ3n) is 5.13. The Hall–Kier alpha value is -1.36. The number of allylic oxidation sites excluding steroid dienone is 2. The van der Waals surface area contributed by atoms with Crippen LogP contribution in [0.4, 0.5) is 0 Å². The van der Waals surface area contributed by atoms with E-state index in [4.69, 9.17) is 0 Å². The van der Waals surface area contributed by atoms with Gasteiger partial charge in [0, 0.05) is 6.54 Å². The zero-order chi connectivity index (χ0) is 15.6. The van der Waals surface area contributed by atoms with Crippen LogP contribution in [-0.2, 0) is 9.59 Å². The fourth-order valence-electron chi connectivity index (χ4n) is 3.84. The lowest BCUT2D eigenvalue weighted by molar-refractivity contribution is -0.147. The van der Waals surface area contributed by atoms with Crippen LogP contribution in [-0.4, -0.2) is 34.7 Å². The zero-order valence-electron chi connectivity index (χ0n) is 12.7. The highest BCUT2D eigenvalue weighted by Gasteiger charge is 2.51. The fraction of sp³-hybridized carbons (Fsp3) is 0.750. The molecular weight excluding hydrogens is 270 g/mol. The van der Waals surface area contributed by atoms with Crippen LogP contribution in [0.25, 0.3) is 0 Å². The first kappa shape index (κ1) is 16.0. The van der Waals surface area contributed by atoms with E-state index in [1.807, 2.05) is 26.0 Å². The van der Waals surface area contributed by atoms with Crippen LogP contribution in [0.1, 0.15) is 33.1 Å². The average Bonchev–Trinajstić information content (AvgIpc) is 3.06. The smallest absolute Gasteiger partial charge is 0.307 e. The van der Waals surface area contributed by atoms with Gasteiger partial charge in [-0.1, -0.05) is 38.8 Å². The zero-order valence-corrected chi connectivity index (χ0v) is 12.7. The van der Waals surface area contributed by atoms with Crippen LogP contribution in [0.5, 0.6) is 0 Å². The number of amides is 1. The van der Waals surface area contributed by atoms with E-state index in [9.17, 15) is 19.8 Å². The van der Waals surface area contributed by atoms with Crippen molar-refractivity contribution in [1.82, 2.24) is 5.32 Å². The highest BCUT2D eigenvalue weighted by atomic mass is 16.4. The van der Waals surface area contributed by atoms with Crippen molar-refractivity contribution in [3.05, 3.63) is 12.2 Å².